The number of carbonyl (C=O) groups is 1. The number of rotatable bonds is 15. The Morgan fingerprint density at radius 2 is 1.30 bits per heavy atom. The number of nitro benzene ring substituents is 1. The lowest BCUT2D eigenvalue weighted by molar-refractivity contribution is -0.384. The minimum atomic E-state index is -0.621. The summed E-state index contributed by atoms with van der Waals surface area (Å²) in [5.41, 5.74) is 0.163. The Morgan fingerprint density at radius 3 is 1.76 bits per heavy atom. The van der Waals surface area contributed by atoms with Gasteiger partial charge in [-0.25, -0.2) is 4.79 Å². The molecule has 0 saturated carbocycles. The third-order valence-electron chi connectivity index (χ3n) is 4.77. The molecule has 2 aromatic carbocycles. The first-order valence-corrected chi connectivity index (χ1v) is 11.5. The zero-order valence-corrected chi connectivity index (χ0v) is 19.6. The van der Waals surface area contributed by atoms with Gasteiger partial charge in [-0.2, -0.15) is 0 Å². The van der Waals surface area contributed by atoms with Gasteiger partial charge in [0.15, 0.2) is 11.5 Å². The molecule has 180 valence electrons. The largest absolute Gasteiger partial charge is 0.490 e. The molecule has 0 unspecified atom stereocenters. The Hall–Kier alpha value is -3.29. The Kier molecular flexibility index (Phi) is 11.0. The van der Waals surface area contributed by atoms with E-state index in [1.807, 2.05) is 0 Å². The van der Waals surface area contributed by atoms with Crippen LogP contribution in [0.4, 0.5) is 5.69 Å². The number of benzene rings is 2. The van der Waals surface area contributed by atoms with Gasteiger partial charge >= 0.3 is 5.97 Å². The van der Waals surface area contributed by atoms with Gasteiger partial charge in [-0.1, -0.05) is 40.0 Å². The van der Waals surface area contributed by atoms with Gasteiger partial charge in [0.2, 0.25) is 5.75 Å². The summed E-state index contributed by atoms with van der Waals surface area (Å²) in [6.45, 7) is 7.69. The van der Waals surface area contributed by atoms with Crippen LogP contribution in [0.25, 0.3) is 0 Å². The molecule has 0 aliphatic heterocycles. The lowest BCUT2D eigenvalue weighted by Gasteiger charge is -2.18. The van der Waals surface area contributed by atoms with Crippen LogP contribution in [0.5, 0.6) is 23.0 Å². The number of carbonyl (C=O) groups excluding carboxylic acids is 1. The highest BCUT2D eigenvalue weighted by atomic mass is 16.6. The Morgan fingerprint density at radius 1 is 0.818 bits per heavy atom. The van der Waals surface area contributed by atoms with Crippen LogP contribution in [-0.4, -0.2) is 30.7 Å². The highest BCUT2D eigenvalue weighted by molar-refractivity contribution is 5.92. The number of non-ortho nitro benzene ring substituents is 1. The molecule has 0 aromatic heterocycles. The van der Waals surface area contributed by atoms with Crippen molar-refractivity contribution in [1.82, 2.24) is 0 Å². The quantitative estimate of drug-likeness (QED) is 0.101. The van der Waals surface area contributed by atoms with Gasteiger partial charge in [-0.15, -0.1) is 0 Å². The van der Waals surface area contributed by atoms with Crippen LogP contribution in [0.1, 0.15) is 69.7 Å². The fourth-order valence-electron chi connectivity index (χ4n) is 2.82. The summed E-state index contributed by atoms with van der Waals surface area (Å²) < 4.78 is 23.3. The van der Waals surface area contributed by atoms with Crippen LogP contribution in [0.3, 0.4) is 0 Å². The van der Waals surface area contributed by atoms with E-state index < -0.39 is 10.9 Å². The van der Waals surface area contributed by atoms with Crippen LogP contribution in [0.2, 0.25) is 0 Å². The molecular formula is C25H33NO7. The number of ether oxygens (including phenoxy) is 4. The standard InChI is InChI=1S/C25H33NO7/c1-4-7-14-30-22-17-19(25(27)33-21-12-10-20(11-13-21)26(28)29)18-23(31-15-8-5-2)24(22)32-16-9-6-3/h10-13,17-18H,4-9,14-16H2,1-3H3. The summed E-state index contributed by atoms with van der Waals surface area (Å²) in [4.78, 5) is 23.2. The fourth-order valence-corrected chi connectivity index (χ4v) is 2.82. The monoisotopic (exact) mass is 459 g/mol. The SMILES string of the molecule is CCCCOc1cc(C(=O)Oc2ccc([N+](=O)[O-])cc2)cc(OCCCC)c1OCCCC. The lowest BCUT2D eigenvalue weighted by Crippen LogP contribution is -2.12. The molecule has 0 spiro atoms. The average molecular weight is 460 g/mol. The van der Waals surface area contributed by atoms with Crippen LogP contribution >= 0.6 is 0 Å². The van der Waals surface area contributed by atoms with Crippen molar-refractivity contribution in [2.45, 2.75) is 59.3 Å². The molecule has 0 N–H and O–H groups in total. The Balaban J connectivity index is 2.33. The van der Waals surface area contributed by atoms with Gasteiger partial charge in [0.25, 0.3) is 5.69 Å². The number of nitro groups is 1. The van der Waals surface area contributed by atoms with Gasteiger partial charge in [0, 0.05) is 12.1 Å². The van der Waals surface area contributed by atoms with E-state index in [0.29, 0.717) is 37.1 Å². The fraction of sp³-hybridized carbons (Fsp3) is 0.480. The van der Waals surface area contributed by atoms with E-state index in [0.717, 1.165) is 38.5 Å². The van der Waals surface area contributed by atoms with E-state index in [-0.39, 0.29) is 17.0 Å². The predicted molar refractivity (Wildman–Crippen MR) is 126 cm³/mol. The highest BCUT2D eigenvalue weighted by Crippen LogP contribution is 2.40. The topological polar surface area (TPSA) is 97.1 Å². The first-order chi connectivity index (χ1) is 16.0. The first-order valence-electron chi connectivity index (χ1n) is 11.5. The number of hydrogen-bond donors (Lipinski definition) is 0. The van der Waals surface area contributed by atoms with Crippen molar-refractivity contribution in [3.63, 3.8) is 0 Å². The molecule has 33 heavy (non-hydrogen) atoms. The van der Waals surface area contributed by atoms with Crippen molar-refractivity contribution < 1.29 is 28.7 Å². The molecule has 2 rings (SSSR count). The van der Waals surface area contributed by atoms with E-state index in [4.69, 9.17) is 18.9 Å². The third kappa shape index (κ3) is 8.29. The van der Waals surface area contributed by atoms with Crippen LogP contribution in [0.15, 0.2) is 36.4 Å². The predicted octanol–water partition coefficient (Wildman–Crippen LogP) is 6.35. The average Bonchev–Trinajstić information content (AvgIpc) is 2.81. The zero-order valence-electron chi connectivity index (χ0n) is 19.6. The summed E-state index contributed by atoms with van der Waals surface area (Å²) in [6.07, 6.45) is 5.52. The number of unbranched alkanes of at least 4 members (excludes halogenated alkanes) is 3. The maximum atomic E-state index is 12.9. The molecule has 8 nitrogen and oxygen atoms in total. The van der Waals surface area contributed by atoms with Crippen molar-refractivity contribution in [3.8, 4) is 23.0 Å². The van der Waals surface area contributed by atoms with Crippen molar-refractivity contribution in [2.75, 3.05) is 19.8 Å². The summed E-state index contributed by atoms with van der Waals surface area (Å²) in [6, 6.07) is 8.53. The first kappa shape index (κ1) is 26.0. The molecule has 0 amide bonds. The maximum Gasteiger partial charge on any atom is 0.343 e. The molecule has 0 bridgehead atoms. The Labute approximate surface area is 195 Å². The molecule has 0 aliphatic rings. The second-order valence-electron chi connectivity index (χ2n) is 7.55. The summed E-state index contributed by atoms with van der Waals surface area (Å²) >= 11 is 0. The molecule has 8 heteroatoms. The summed E-state index contributed by atoms with van der Waals surface area (Å²) in [5, 5.41) is 10.8. The zero-order chi connectivity index (χ0) is 24.1. The molecule has 0 aliphatic carbocycles. The van der Waals surface area contributed by atoms with E-state index >= 15 is 0 Å². The Bertz CT molecular complexity index is 865. The van der Waals surface area contributed by atoms with Crippen molar-refractivity contribution in [2.24, 2.45) is 0 Å². The maximum absolute atomic E-state index is 12.9. The third-order valence-corrected chi connectivity index (χ3v) is 4.77. The van der Waals surface area contributed by atoms with Gasteiger partial charge in [0.1, 0.15) is 5.75 Å². The highest BCUT2D eigenvalue weighted by Gasteiger charge is 2.20. The second kappa shape index (κ2) is 14.0. The van der Waals surface area contributed by atoms with Crippen LogP contribution in [0, 0.1) is 10.1 Å². The summed E-state index contributed by atoms with van der Waals surface area (Å²) in [5.74, 6) is 0.941. The smallest absolute Gasteiger partial charge is 0.343 e. The van der Waals surface area contributed by atoms with E-state index in [1.165, 1.54) is 24.3 Å². The van der Waals surface area contributed by atoms with E-state index in [9.17, 15) is 14.9 Å². The molecule has 0 saturated heterocycles. The minimum Gasteiger partial charge on any atom is -0.490 e. The van der Waals surface area contributed by atoms with Gasteiger partial charge in [-0.05, 0) is 43.5 Å². The number of esters is 1. The lowest BCUT2D eigenvalue weighted by atomic mass is 10.1. The van der Waals surface area contributed by atoms with Gasteiger partial charge in [0.05, 0.1) is 30.3 Å². The van der Waals surface area contributed by atoms with E-state index in [2.05, 4.69) is 20.8 Å². The normalized spacial score (nSPS) is 10.5. The molecule has 0 atom stereocenters. The summed E-state index contributed by atoms with van der Waals surface area (Å²) in [7, 11) is 0. The minimum absolute atomic E-state index is 0.0819. The number of nitrogens with zero attached hydrogens (tertiary/aromatic N) is 1. The number of hydrogen-bond acceptors (Lipinski definition) is 7. The second-order valence-corrected chi connectivity index (χ2v) is 7.55. The van der Waals surface area contributed by atoms with E-state index in [1.54, 1.807) is 12.1 Å². The van der Waals surface area contributed by atoms with Crippen molar-refractivity contribution in [1.29, 1.82) is 0 Å². The van der Waals surface area contributed by atoms with Gasteiger partial charge < -0.3 is 18.9 Å². The molecule has 0 heterocycles. The molecule has 2 aromatic rings. The van der Waals surface area contributed by atoms with Crippen LogP contribution in [-0.2, 0) is 0 Å². The van der Waals surface area contributed by atoms with Crippen molar-refractivity contribution in [3.05, 3.63) is 52.1 Å². The molecule has 0 radical (unpaired) electrons. The van der Waals surface area contributed by atoms with Gasteiger partial charge in [-0.3, -0.25) is 10.1 Å². The molecular weight excluding hydrogens is 426 g/mol. The molecule has 0 fully saturated rings. The van der Waals surface area contributed by atoms with Crippen molar-refractivity contribution >= 4 is 11.7 Å². The van der Waals surface area contributed by atoms with Crippen LogP contribution < -0.4 is 18.9 Å².